The van der Waals surface area contributed by atoms with Gasteiger partial charge in [-0.3, -0.25) is 0 Å². The summed E-state index contributed by atoms with van der Waals surface area (Å²) in [5.74, 6) is -1.32. The molecular weight excluding hydrogens is 240 g/mol. The van der Waals surface area contributed by atoms with E-state index in [4.69, 9.17) is 23.7 Å². The molecule has 3 heterocycles. The summed E-state index contributed by atoms with van der Waals surface area (Å²) < 4.78 is 28.2. The highest BCUT2D eigenvalue weighted by molar-refractivity contribution is 4.99. The van der Waals surface area contributed by atoms with Crippen molar-refractivity contribution >= 4 is 0 Å². The van der Waals surface area contributed by atoms with E-state index in [0.717, 1.165) is 0 Å². The summed E-state index contributed by atoms with van der Waals surface area (Å²) in [5, 5.41) is 9.87. The third-order valence-electron chi connectivity index (χ3n) is 3.46. The number of fused-ring (bicyclic) bond motifs is 1. The van der Waals surface area contributed by atoms with Gasteiger partial charge in [-0.25, -0.2) is 0 Å². The molecule has 0 bridgehead atoms. The lowest BCUT2D eigenvalue weighted by atomic mass is 10.1. The Morgan fingerprint density at radius 1 is 0.889 bits per heavy atom. The van der Waals surface area contributed by atoms with Crippen molar-refractivity contribution in [1.29, 1.82) is 0 Å². The van der Waals surface area contributed by atoms with E-state index >= 15 is 0 Å². The monoisotopic (exact) mass is 260 g/mol. The molecule has 0 radical (unpaired) electrons. The molecule has 0 aromatic rings. The van der Waals surface area contributed by atoms with Crippen molar-refractivity contribution in [3.05, 3.63) is 0 Å². The van der Waals surface area contributed by atoms with Crippen molar-refractivity contribution in [3.8, 4) is 0 Å². The molecule has 0 amide bonds. The molecule has 0 aliphatic carbocycles. The van der Waals surface area contributed by atoms with E-state index in [1.165, 1.54) is 0 Å². The first kappa shape index (κ1) is 12.8. The SMILES string of the molecule is CC1(C)O[C@@H]2[C@@H](O1)[C@@H](O)O[C@@H]2[C@H]1COC(C)(C)O1. The molecule has 6 heteroatoms. The second-order valence-corrected chi connectivity index (χ2v) is 5.92. The first-order chi connectivity index (χ1) is 8.27. The Morgan fingerprint density at radius 3 is 2.17 bits per heavy atom. The maximum atomic E-state index is 9.87. The van der Waals surface area contributed by atoms with Gasteiger partial charge in [-0.1, -0.05) is 0 Å². The van der Waals surface area contributed by atoms with Gasteiger partial charge in [0.05, 0.1) is 6.61 Å². The largest absolute Gasteiger partial charge is 0.366 e. The van der Waals surface area contributed by atoms with Crippen molar-refractivity contribution in [2.75, 3.05) is 6.61 Å². The molecular formula is C12H20O6. The molecule has 5 atom stereocenters. The third kappa shape index (κ3) is 2.07. The standard InChI is InChI=1S/C12H20O6/c1-11(2)14-5-6(16-11)7-8-9(10(13)15-7)18-12(3,4)17-8/h6-10,13H,5H2,1-4H3/t6-,7-,8+,9-,10+/m1/s1. The molecule has 1 N–H and O–H groups in total. The van der Waals surface area contributed by atoms with Gasteiger partial charge in [0.25, 0.3) is 0 Å². The highest BCUT2D eigenvalue weighted by atomic mass is 16.8. The fourth-order valence-electron chi connectivity index (χ4n) is 2.78. The van der Waals surface area contributed by atoms with Crippen molar-refractivity contribution in [2.45, 2.75) is 70.0 Å². The summed E-state index contributed by atoms with van der Waals surface area (Å²) in [7, 11) is 0. The summed E-state index contributed by atoms with van der Waals surface area (Å²) in [6.07, 6.45) is -2.38. The summed E-state index contributed by atoms with van der Waals surface area (Å²) in [4.78, 5) is 0. The van der Waals surface area contributed by atoms with Crippen LogP contribution in [0.25, 0.3) is 0 Å². The number of ether oxygens (including phenoxy) is 5. The molecule has 3 aliphatic heterocycles. The van der Waals surface area contributed by atoms with E-state index in [1.807, 2.05) is 27.7 Å². The van der Waals surface area contributed by atoms with Gasteiger partial charge in [-0.2, -0.15) is 0 Å². The summed E-state index contributed by atoms with van der Waals surface area (Å²) in [6, 6.07) is 0. The van der Waals surface area contributed by atoms with Crippen LogP contribution in [-0.2, 0) is 23.7 Å². The summed E-state index contributed by atoms with van der Waals surface area (Å²) in [5.41, 5.74) is 0. The van der Waals surface area contributed by atoms with E-state index in [9.17, 15) is 5.11 Å². The van der Waals surface area contributed by atoms with Gasteiger partial charge in [0, 0.05) is 0 Å². The molecule has 3 saturated heterocycles. The van der Waals surface area contributed by atoms with Crippen LogP contribution in [0.1, 0.15) is 27.7 Å². The molecule has 0 spiro atoms. The van der Waals surface area contributed by atoms with Crippen LogP contribution in [0.3, 0.4) is 0 Å². The van der Waals surface area contributed by atoms with E-state index in [0.29, 0.717) is 6.61 Å². The van der Waals surface area contributed by atoms with Gasteiger partial charge in [-0.05, 0) is 27.7 Å². The molecule has 104 valence electrons. The second kappa shape index (κ2) is 3.88. The highest BCUT2D eigenvalue weighted by Crippen LogP contribution is 2.41. The second-order valence-electron chi connectivity index (χ2n) is 5.92. The summed E-state index contributed by atoms with van der Waals surface area (Å²) >= 11 is 0. The van der Waals surface area contributed by atoms with E-state index in [1.54, 1.807) is 0 Å². The molecule has 3 fully saturated rings. The normalized spacial score (nSPS) is 49.5. The topological polar surface area (TPSA) is 66.4 Å². The van der Waals surface area contributed by atoms with Crippen molar-refractivity contribution in [3.63, 3.8) is 0 Å². The fraction of sp³-hybridized carbons (Fsp3) is 1.00. The van der Waals surface area contributed by atoms with Crippen molar-refractivity contribution < 1.29 is 28.8 Å². The maximum absolute atomic E-state index is 9.87. The van der Waals surface area contributed by atoms with Gasteiger partial charge >= 0.3 is 0 Å². The number of aliphatic hydroxyl groups is 1. The Kier molecular flexibility index (Phi) is 2.75. The lowest BCUT2D eigenvalue weighted by molar-refractivity contribution is -0.236. The van der Waals surface area contributed by atoms with E-state index in [-0.39, 0.29) is 18.3 Å². The van der Waals surface area contributed by atoms with Crippen molar-refractivity contribution in [2.24, 2.45) is 0 Å². The molecule has 0 aromatic carbocycles. The van der Waals surface area contributed by atoms with Crippen LogP contribution in [0.2, 0.25) is 0 Å². The average molecular weight is 260 g/mol. The Morgan fingerprint density at radius 2 is 1.56 bits per heavy atom. The van der Waals surface area contributed by atoms with Crippen LogP contribution in [0.5, 0.6) is 0 Å². The molecule has 0 unspecified atom stereocenters. The molecule has 0 saturated carbocycles. The maximum Gasteiger partial charge on any atom is 0.184 e. The van der Waals surface area contributed by atoms with E-state index < -0.39 is 24.0 Å². The first-order valence-corrected chi connectivity index (χ1v) is 6.28. The number of rotatable bonds is 1. The lowest BCUT2D eigenvalue weighted by Gasteiger charge is -2.26. The van der Waals surface area contributed by atoms with Gasteiger partial charge in [0.1, 0.15) is 24.4 Å². The van der Waals surface area contributed by atoms with E-state index in [2.05, 4.69) is 0 Å². The fourth-order valence-corrected chi connectivity index (χ4v) is 2.78. The zero-order valence-corrected chi connectivity index (χ0v) is 11.1. The van der Waals surface area contributed by atoms with Crippen LogP contribution < -0.4 is 0 Å². The Hall–Kier alpha value is -0.240. The zero-order valence-electron chi connectivity index (χ0n) is 11.1. The Balaban J connectivity index is 1.75. The number of hydrogen-bond donors (Lipinski definition) is 1. The Labute approximate surface area is 106 Å². The molecule has 0 aromatic heterocycles. The highest BCUT2D eigenvalue weighted by Gasteiger charge is 2.58. The van der Waals surface area contributed by atoms with Gasteiger partial charge in [0.15, 0.2) is 17.9 Å². The minimum atomic E-state index is -0.978. The number of aliphatic hydroxyl groups excluding tert-OH is 1. The first-order valence-electron chi connectivity index (χ1n) is 6.28. The molecule has 3 rings (SSSR count). The molecule has 6 nitrogen and oxygen atoms in total. The van der Waals surface area contributed by atoms with Crippen LogP contribution >= 0.6 is 0 Å². The average Bonchev–Trinajstić information content (AvgIpc) is 2.81. The molecule has 3 aliphatic rings. The Bertz CT molecular complexity index is 341. The summed E-state index contributed by atoms with van der Waals surface area (Å²) in [6.45, 7) is 7.78. The lowest BCUT2D eigenvalue weighted by Crippen LogP contribution is -2.40. The third-order valence-corrected chi connectivity index (χ3v) is 3.46. The van der Waals surface area contributed by atoms with Gasteiger partial charge < -0.3 is 28.8 Å². The predicted octanol–water partition coefficient (Wildman–Crippen LogP) is 0.375. The minimum Gasteiger partial charge on any atom is -0.366 e. The van der Waals surface area contributed by atoms with Crippen molar-refractivity contribution in [1.82, 2.24) is 0 Å². The van der Waals surface area contributed by atoms with Gasteiger partial charge in [0.2, 0.25) is 0 Å². The smallest absolute Gasteiger partial charge is 0.184 e. The van der Waals surface area contributed by atoms with Crippen LogP contribution in [-0.4, -0.2) is 54.0 Å². The van der Waals surface area contributed by atoms with Crippen LogP contribution in [0.15, 0.2) is 0 Å². The number of hydrogen-bond acceptors (Lipinski definition) is 6. The zero-order chi connectivity index (χ0) is 13.1. The van der Waals surface area contributed by atoms with Crippen LogP contribution in [0, 0.1) is 0 Å². The van der Waals surface area contributed by atoms with Gasteiger partial charge in [-0.15, -0.1) is 0 Å². The minimum absolute atomic E-state index is 0.248. The quantitative estimate of drug-likeness (QED) is 0.735. The van der Waals surface area contributed by atoms with Crippen LogP contribution in [0.4, 0.5) is 0 Å². The predicted molar refractivity (Wildman–Crippen MR) is 59.6 cm³/mol. The molecule has 18 heavy (non-hydrogen) atoms.